The van der Waals surface area contributed by atoms with Crippen LogP contribution in [0, 0.1) is 28.5 Å². The summed E-state index contributed by atoms with van der Waals surface area (Å²) in [5.74, 6) is 0.350. The molecule has 30 heavy (non-hydrogen) atoms. The molecule has 1 atom stereocenters. The van der Waals surface area contributed by atoms with Gasteiger partial charge in [0, 0.05) is 23.6 Å². The molecule has 0 aliphatic heterocycles. The number of nitriles is 1. The molecule has 0 saturated heterocycles. The van der Waals surface area contributed by atoms with E-state index in [9.17, 15) is 14.4 Å². The van der Waals surface area contributed by atoms with Crippen molar-refractivity contribution in [3.63, 3.8) is 0 Å². The van der Waals surface area contributed by atoms with E-state index in [2.05, 4.69) is 32.2 Å². The van der Waals surface area contributed by atoms with E-state index >= 15 is 0 Å². The predicted octanol–water partition coefficient (Wildman–Crippen LogP) is 6.02. The lowest BCUT2D eigenvalue weighted by Gasteiger charge is -2.34. The standard InChI is InChI=1S/C23H25ClFN3OS/c1-23(2,3)16-4-7-20-14(11-16)10-15(13-26)22(28-20)30-9-8-21(29)27-17-5-6-19(25)18(24)12-17/h5-6,10,12,16H,4,7-9,11H2,1-3H3,(H,27,29). The van der Waals surface area contributed by atoms with Gasteiger partial charge in [0.2, 0.25) is 5.91 Å². The van der Waals surface area contributed by atoms with E-state index in [0.29, 0.717) is 27.9 Å². The molecular formula is C23H25ClFN3OS. The van der Waals surface area contributed by atoms with Crippen molar-refractivity contribution >= 4 is 35.0 Å². The van der Waals surface area contributed by atoms with Crippen LogP contribution in [0.15, 0.2) is 29.3 Å². The maximum atomic E-state index is 13.2. The van der Waals surface area contributed by atoms with Crippen LogP contribution in [0.5, 0.6) is 0 Å². The number of halogens is 2. The first-order valence-corrected chi connectivity index (χ1v) is 11.3. The summed E-state index contributed by atoms with van der Waals surface area (Å²) < 4.78 is 13.2. The van der Waals surface area contributed by atoms with Gasteiger partial charge in [0.05, 0.1) is 10.6 Å². The smallest absolute Gasteiger partial charge is 0.225 e. The van der Waals surface area contributed by atoms with Gasteiger partial charge in [0.1, 0.15) is 16.9 Å². The zero-order valence-corrected chi connectivity index (χ0v) is 19.0. The van der Waals surface area contributed by atoms with Crippen molar-refractivity contribution < 1.29 is 9.18 Å². The molecule has 1 amide bonds. The van der Waals surface area contributed by atoms with Gasteiger partial charge in [0.15, 0.2) is 0 Å². The first-order chi connectivity index (χ1) is 14.2. The van der Waals surface area contributed by atoms with Crippen molar-refractivity contribution in [2.75, 3.05) is 11.1 Å². The summed E-state index contributed by atoms with van der Waals surface area (Å²) in [4.78, 5) is 16.9. The molecule has 0 saturated carbocycles. The van der Waals surface area contributed by atoms with Crippen LogP contribution < -0.4 is 5.32 Å². The minimum Gasteiger partial charge on any atom is -0.326 e. The Bertz CT molecular complexity index is 997. The van der Waals surface area contributed by atoms with E-state index in [1.54, 1.807) is 0 Å². The summed E-state index contributed by atoms with van der Waals surface area (Å²) in [6.45, 7) is 6.78. The predicted molar refractivity (Wildman–Crippen MR) is 119 cm³/mol. The zero-order valence-electron chi connectivity index (χ0n) is 17.4. The average molecular weight is 446 g/mol. The van der Waals surface area contributed by atoms with E-state index in [0.717, 1.165) is 25.0 Å². The molecule has 0 radical (unpaired) electrons. The molecule has 2 aromatic rings. The highest BCUT2D eigenvalue weighted by Gasteiger charge is 2.30. The van der Waals surface area contributed by atoms with Crippen LogP contribution in [0.2, 0.25) is 5.02 Å². The number of aromatic nitrogens is 1. The minimum atomic E-state index is -0.526. The number of pyridine rings is 1. The number of rotatable bonds is 5. The average Bonchev–Trinajstić information content (AvgIpc) is 2.69. The Balaban J connectivity index is 1.61. The van der Waals surface area contributed by atoms with Crippen molar-refractivity contribution in [3.8, 4) is 6.07 Å². The molecule has 1 aromatic heterocycles. The number of amides is 1. The van der Waals surface area contributed by atoms with Crippen LogP contribution in [-0.2, 0) is 17.6 Å². The van der Waals surface area contributed by atoms with Crippen LogP contribution >= 0.6 is 23.4 Å². The molecule has 0 fully saturated rings. The zero-order chi connectivity index (χ0) is 21.9. The second kappa shape index (κ2) is 9.36. The quantitative estimate of drug-likeness (QED) is 0.571. The molecule has 1 aliphatic rings. The van der Waals surface area contributed by atoms with Crippen LogP contribution in [0.25, 0.3) is 0 Å². The van der Waals surface area contributed by atoms with Gasteiger partial charge in [-0.2, -0.15) is 5.26 Å². The lowest BCUT2D eigenvalue weighted by atomic mass is 9.71. The summed E-state index contributed by atoms with van der Waals surface area (Å²) in [5, 5.41) is 12.9. The lowest BCUT2D eigenvalue weighted by molar-refractivity contribution is -0.115. The van der Waals surface area contributed by atoms with E-state index in [-0.39, 0.29) is 22.8 Å². The van der Waals surface area contributed by atoms with Gasteiger partial charge in [-0.25, -0.2) is 9.37 Å². The number of fused-ring (bicyclic) bond motifs is 1. The fraction of sp³-hybridized carbons (Fsp3) is 0.435. The second-order valence-electron chi connectivity index (χ2n) is 8.64. The molecule has 1 N–H and O–H groups in total. The van der Waals surface area contributed by atoms with E-state index in [1.165, 1.54) is 35.5 Å². The fourth-order valence-electron chi connectivity index (χ4n) is 3.61. The minimum absolute atomic E-state index is 0.0344. The van der Waals surface area contributed by atoms with Gasteiger partial charge in [-0.15, -0.1) is 11.8 Å². The molecule has 0 bridgehead atoms. The topological polar surface area (TPSA) is 65.8 Å². The highest BCUT2D eigenvalue weighted by molar-refractivity contribution is 7.99. The highest BCUT2D eigenvalue weighted by Crippen LogP contribution is 2.38. The van der Waals surface area contributed by atoms with Crippen molar-refractivity contribution in [2.24, 2.45) is 11.3 Å². The molecule has 4 nitrogen and oxygen atoms in total. The monoisotopic (exact) mass is 445 g/mol. The van der Waals surface area contributed by atoms with E-state index in [4.69, 9.17) is 16.6 Å². The first kappa shape index (κ1) is 22.6. The highest BCUT2D eigenvalue weighted by atomic mass is 35.5. The summed E-state index contributed by atoms with van der Waals surface area (Å²) in [7, 11) is 0. The number of thioether (sulfide) groups is 1. The van der Waals surface area contributed by atoms with Gasteiger partial charge in [0.25, 0.3) is 0 Å². The summed E-state index contributed by atoms with van der Waals surface area (Å²) in [6, 6.07) is 8.29. The molecule has 1 unspecified atom stereocenters. The fourth-order valence-corrected chi connectivity index (χ4v) is 4.71. The van der Waals surface area contributed by atoms with Crippen molar-refractivity contribution in [1.82, 2.24) is 4.98 Å². The van der Waals surface area contributed by atoms with Crippen molar-refractivity contribution in [3.05, 3.63) is 51.9 Å². The molecule has 7 heteroatoms. The van der Waals surface area contributed by atoms with Gasteiger partial charge in [-0.3, -0.25) is 4.79 Å². The molecule has 0 spiro atoms. The van der Waals surface area contributed by atoms with Crippen molar-refractivity contribution in [2.45, 2.75) is 51.5 Å². The number of benzene rings is 1. The Hall–Kier alpha value is -2.10. The summed E-state index contributed by atoms with van der Waals surface area (Å²) in [6.07, 6.45) is 3.22. The maximum Gasteiger partial charge on any atom is 0.225 e. The Morgan fingerprint density at radius 1 is 1.40 bits per heavy atom. The molecule has 158 valence electrons. The Morgan fingerprint density at radius 2 is 2.17 bits per heavy atom. The summed E-state index contributed by atoms with van der Waals surface area (Å²) >= 11 is 7.15. The number of carbonyl (C=O) groups excluding carboxylic acids is 1. The first-order valence-electron chi connectivity index (χ1n) is 9.98. The number of carbonyl (C=O) groups is 1. The number of anilines is 1. The number of aryl methyl sites for hydroxylation is 1. The molecule has 1 heterocycles. The van der Waals surface area contributed by atoms with Crippen LogP contribution in [0.3, 0.4) is 0 Å². The van der Waals surface area contributed by atoms with E-state index in [1.807, 2.05) is 6.07 Å². The van der Waals surface area contributed by atoms with Gasteiger partial charge in [-0.05, 0) is 60.4 Å². The van der Waals surface area contributed by atoms with E-state index < -0.39 is 5.82 Å². The largest absolute Gasteiger partial charge is 0.326 e. The molecule has 1 aliphatic carbocycles. The Kier molecular flexibility index (Phi) is 7.05. The second-order valence-corrected chi connectivity index (χ2v) is 10.1. The summed E-state index contributed by atoms with van der Waals surface area (Å²) in [5.41, 5.74) is 3.50. The number of hydrogen-bond donors (Lipinski definition) is 1. The normalized spacial score (nSPS) is 15.9. The maximum absolute atomic E-state index is 13.2. The molecular weight excluding hydrogens is 421 g/mol. The molecule has 1 aromatic carbocycles. The SMILES string of the molecule is CC(C)(C)C1CCc2nc(SCCC(=O)Nc3ccc(F)c(Cl)c3)c(C#N)cc2C1. The van der Waals surface area contributed by atoms with Gasteiger partial charge < -0.3 is 5.32 Å². The van der Waals surface area contributed by atoms with Crippen LogP contribution in [0.4, 0.5) is 10.1 Å². The van der Waals surface area contributed by atoms with Gasteiger partial charge >= 0.3 is 0 Å². The van der Waals surface area contributed by atoms with Crippen LogP contribution in [0.1, 0.15) is 50.4 Å². The Labute approximate surface area is 186 Å². The number of hydrogen-bond acceptors (Lipinski definition) is 4. The molecule has 3 rings (SSSR count). The Morgan fingerprint density at radius 3 is 2.83 bits per heavy atom. The van der Waals surface area contributed by atoms with Gasteiger partial charge in [-0.1, -0.05) is 32.4 Å². The third-order valence-electron chi connectivity index (χ3n) is 5.47. The third-order valence-corrected chi connectivity index (χ3v) is 6.75. The van der Waals surface area contributed by atoms with Crippen molar-refractivity contribution in [1.29, 1.82) is 5.26 Å². The number of nitrogens with one attached hydrogen (secondary N) is 1. The third kappa shape index (κ3) is 5.53. The van der Waals surface area contributed by atoms with Crippen LogP contribution in [-0.4, -0.2) is 16.6 Å². The number of nitrogens with zero attached hydrogens (tertiary/aromatic N) is 2. The lowest BCUT2D eigenvalue weighted by Crippen LogP contribution is -2.27.